The van der Waals surface area contributed by atoms with Gasteiger partial charge in [-0.15, -0.1) is 0 Å². The van der Waals surface area contributed by atoms with Gasteiger partial charge < -0.3 is 40.5 Å². The van der Waals surface area contributed by atoms with E-state index in [0.717, 1.165) is 72.8 Å². The first kappa shape index (κ1) is 40.0. The summed E-state index contributed by atoms with van der Waals surface area (Å²) in [5.74, 6) is 1.23. The van der Waals surface area contributed by atoms with Crippen LogP contribution in [0.5, 0.6) is 11.5 Å². The van der Waals surface area contributed by atoms with Crippen molar-refractivity contribution in [2.45, 2.75) is 71.2 Å². The van der Waals surface area contributed by atoms with Crippen LogP contribution < -0.4 is 10.6 Å². The van der Waals surface area contributed by atoms with E-state index in [4.69, 9.17) is 20.4 Å². The van der Waals surface area contributed by atoms with Gasteiger partial charge in [0.1, 0.15) is 17.3 Å². The highest BCUT2D eigenvalue weighted by Gasteiger charge is 2.54. The molecule has 1 aliphatic carbocycles. The maximum absolute atomic E-state index is 14.4. The van der Waals surface area contributed by atoms with E-state index in [9.17, 15) is 24.9 Å². The van der Waals surface area contributed by atoms with Crippen LogP contribution in [0.3, 0.4) is 0 Å². The number of phenolic OH excluding ortho intramolecular Hbond substituents is 2. The second-order valence-corrected chi connectivity index (χ2v) is 17.4. The summed E-state index contributed by atoms with van der Waals surface area (Å²) in [6.07, 6.45) is 5.58. The molecule has 0 radical (unpaired) electrons. The van der Waals surface area contributed by atoms with E-state index in [1.807, 2.05) is 18.7 Å². The minimum atomic E-state index is -0.475. The zero-order valence-corrected chi connectivity index (χ0v) is 34.4. The molecule has 6 heterocycles. The lowest BCUT2D eigenvalue weighted by molar-refractivity contribution is -0.139. The Bertz CT molecular complexity index is 2280. The molecule has 60 heavy (non-hydrogen) atoms. The highest BCUT2D eigenvalue weighted by molar-refractivity contribution is 5.97. The number of nitrogens with zero attached hydrogens (tertiary/aromatic N) is 9. The molecule has 2 aromatic heterocycles. The summed E-state index contributed by atoms with van der Waals surface area (Å²) in [6.45, 7) is 12.0. The quantitative estimate of drug-likeness (QED) is 0.182. The van der Waals surface area contributed by atoms with Crippen molar-refractivity contribution in [1.82, 2.24) is 39.5 Å². The molecule has 2 amide bonds. The zero-order chi connectivity index (χ0) is 41.7. The molecule has 4 aliphatic heterocycles. The topological polar surface area (TPSA) is 198 Å². The largest absolute Gasteiger partial charge is 0.508 e. The number of hydrogen-bond donors (Lipinski definition) is 4. The van der Waals surface area contributed by atoms with Crippen molar-refractivity contribution in [2.75, 3.05) is 76.3 Å². The van der Waals surface area contributed by atoms with E-state index in [0.29, 0.717) is 82.4 Å². The Morgan fingerprint density at radius 1 is 0.917 bits per heavy atom. The minimum Gasteiger partial charge on any atom is -0.508 e. The molecule has 316 valence electrons. The number of fused-ring (bicyclic) bond motifs is 2. The first-order chi connectivity index (χ1) is 29.0. The highest BCUT2D eigenvalue weighted by atomic mass is 16.5. The van der Waals surface area contributed by atoms with Gasteiger partial charge in [0.2, 0.25) is 11.9 Å². The number of morpholine rings is 1. The molecular formula is C44H54N10O6. The fraction of sp³-hybridized carbons (Fsp3) is 0.500. The van der Waals surface area contributed by atoms with Crippen LogP contribution in [0.4, 0.5) is 11.8 Å². The number of rotatable bonds is 10. The van der Waals surface area contributed by atoms with Crippen molar-refractivity contribution in [2.24, 2.45) is 5.41 Å². The number of hydrogen-bond acceptors (Lipinski definition) is 14. The average Bonchev–Trinajstić information content (AvgIpc) is 3.92. The Morgan fingerprint density at radius 3 is 2.42 bits per heavy atom. The van der Waals surface area contributed by atoms with E-state index in [1.54, 1.807) is 23.4 Å². The summed E-state index contributed by atoms with van der Waals surface area (Å²) in [6, 6.07) is 9.11. The number of nitrogen functional groups attached to an aromatic ring is 1. The summed E-state index contributed by atoms with van der Waals surface area (Å²) in [5.41, 5.74) is 12.0. The predicted molar refractivity (Wildman–Crippen MR) is 223 cm³/mol. The maximum Gasteiger partial charge on any atom is 0.258 e. The van der Waals surface area contributed by atoms with E-state index >= 15 is 0 Å². The second kappa shape index (κ2) is 16.2. The summed E-state index contributed by atoms with van der Waals surface area (Å²) in [7, 11) is 0. The molecule has 0 spiro atoms. The van der Waals surface area contributed by atoms with Gasteiger partial charge in [-0.1, -0.05) is 32.0 Å². The lowest BCUT2D eigenvalue weighted by Crippen LogP contribution is -2.57. The molecule has 16 nitrogen and oxygen atoms in total. The molecule has 9 rings (SSSR count). The van der Waals surface area contributed by atoms with Gasteiger partial charge in [-0.05, 0) is 53.5 Å². The fourth-order valence-electron chi connectivity index (χ4n) is 9.35. The number of aromatic hydroxyl groups is 2. The molecule has 3 fully saturated rings. The molecule has 2 saturated heterocycles. The van der Waals surface area contributed by atoms with Crippen LogP contribution >= 0.6 is 0 Å². The van der Waals surface area contributed by atoms with Crippen LogP contribution in [0.25, 0.3) is 11.4 Å². The van der Waals surface area contributed by atoms with Gasteiger partial charge in [0, 0.05) is 95.5 Å². The van der Waals surface area contributed by atoms with Gasteiger partial charge in [0.25, 0.3) is 5.91 Å². The SMILES string of the molecule is CC(C)c1cc(C(=O)N2Cc3ccc(CN4CCN(CC5(C(=O)N6CCc7c(nc(-c8cnc(N)nc8)nc7N7CCOCC7)C6)CC5)[C@H](CO)C4)cc3C2)c(O)cc1O. The summed E-state index contributed by atoms with van der Waals surface area (Å²) >= 11 is 0. The number of benzene rings is 2. The first-order valence-electron chi connectivity index (χ1n) is 21.1. The van der Waals surface area contributed by atoms with Crippen LogP contribution in [-0.4, -0.2) is 138 Å². The van der Waals surface area contributed by atoms with Crippen LogP contribution in [0.2, 0.25) is 0 Å². The third-order valence-corrected chi connectivity index (χ3v) is 13.0. The molecule has 16 heteroatoms. The van der Waals surface area contributed by atoms with Crippen molar-refractivity contribution in [3.05, 3.63) is 81.8 Å². The maximum atomic E-state index is 14.4. The molecule has 0 bridgehead atoms. The van der Waals surface area contributed by atoms with Gasteiger partial charge in [-0.3, -0.25) is 19.4 Å². The van der Waals surface area contributed by atoms with E-state index in [1.165, 1.54) is 6.07 Å². The molecule has 4 aromatic rings. The fourth-order valence-corrected chi connectivity index (χ4v) is 9.35. The van der Waals surface area contributed by atoms with Crippen molar-refractivity contribution < 1.29 is 29.6 Å². The third-order valence-electron chi connectivity index (χ3n) is 13.0. The number of piperazine rings is 1. The molecule has 0 unspecified atom stereocenters. The number of ether oxygens (including phenoxy) is 1. The third kappa shape index (κ3) is 7.84. The van der Waals surface area contributed by atoms with E-state index in [2.05, 4.69) is 42.9 Å². The monoisotopic (exact) mass is 818 g/mol. The standard InChI is InChI=1S/C44H54N10O6/c1-27(2)34-16-35(38(57)17-37(34)56)41(58)54-21-29-4-3-28(15-30(29)22-54)20-50-9-10-53(32(23-50)25-55)26-44(6-7-44)42(59)52-8-5-33-36(24-52)48-39(31-18-46-43(45)47-19-31)49-40(33)51-11-13-60-14-12-51/h3-4,15-19,27,32,55-57H,5-14,20-26H2,1-2H3,(H2,45,46,47)/t32-/m0/s1. The summed E-state index contributed by atoms with van der Waals surface area (Å²) in [4.78, 5) is 56.9. The van der Waals surface area contributed by atoms with E-state index < -0.39 is 5.41 Å². The number of amides is 2. The number of carbonyl (C=O) groups is 2. The molecular weight excluding hydrogens is 765 g/mol. The molecule has 5 N–H and O–H groups in total. The Balaban J connectivity index is 0.836. The van der Waals surface area contributed by atoms with Gasteiger partial charge in [-0.2, -0.15) is 0 Å². The lowest BCUT2D eigenvalue weighted by Gasteiger charge is -2.43. The van der Waals surface area contributed by atoms with Gasteiger partial charge >= 0.3 is 0 Å². The van der Waals surface area contributed by atoms with Crippen LogP contribution in [0.15, 0.2) is 42.7 Å². The molecule has 5 aliphatic rings. The normalized spacial score (nSPS) is 20.3. The molecule has 1 atom stereocenters. The Labute approximate surface area is 349 Å². The highest BCUT2D eigenvalue weighted by Crippen LogP contribution is 2.49. The summed E-state index contributed by atoms with van der Waals surface area (Å²) in [5, 5.41) is 31.5. The lowest BCUT2D eigenvalue weighted by atomic mass is 9.98. The van der Waals surface area contributed by atoms with Crippen LogP contribution in [0.1, 0.15) is 76.5 Å². The van der Waals surface area contributed by atoms with Crippen LogP contribution in [0, 0.1) is 5.41 Å². The Hall–Kier alpha value is -5.42. The smallest absolute Gasteiger partial charge is 0.258 e. The zero-order valence-electron chi connectivity index (χ0n) is 34.4. The number of anilines is 2. The van der Waals surface area contributed by atoms with Crippen molar-refractivity contribution in [3.63, 3.8) is 0 Å². The average molecular weight is 819 g/mol. The minimum absolute atomic E-state index is 0.000608. The number of aliphatic hydroxyl groups excluding tert-OH is 1. The number of carbonyl (C=O) groups excluding carboxylic acids is 2. The Morgan fingerprint density at radius 2 is 1.68 bits per heavy atom. The number of aliphatic hydroxyl groups is 1. The number of nitrogens with two attached hydrogens (primary N) is 1. The van der Waals surface area contributed by atoms with Crippen molar-refractivity contribution in [1.29, 1.82) is 0 Å². The Kier molecular flexibility index (Phi) is 10.8. The number of aromatic nitrogens is 4. The first-order valence-corrected chi connectivity index (χ1v) is 21.1. The molecule has 2 aromatic carbocycles. The summed E-state index contributed by atoms with van der Waals surface area (Å²) < 4.78 is 5.63. The van der Waals surface area contributed by atoms with Gasteiger partial charge in [-0.25, -0.2) is 19.9 Å². The van der Waals surface area contributed by atoms with E-state index in [-0.39, 0.29) is 53.4 Å². The predicted octanol–water partition coefficient (Wildman–Crippen LogP) is 2.89. The van der Waals surface area contributed by atoms with Crippen LogP contribution in [-0.2, 0) is 42.1 Å². The van der Waals surface area contributed by atoms with Gasteiger partial charge in [0.15, 0.2) is 5.82 Å². The molecule has 1 saturated carbocycles. The second-order valence-electron chi connectivity index (χ2n) is 17.4. The number of phenols is 2. The van der Waals surface area contributed by atoms with Gasteiger partial charge in [0.05, 0.1) is 48.6 Å². The van der Waals surface area contributed by atoms with Crippen molar-refractivity contribution in [3.8, 4) is 22.9 Å². The van der Waals surface area contributed by atoms with Crippen molar-refractivity contribution >= 4 is 23.6 Å².